The van der Waals surface area contributed by atoms with E-state index in [1.54, 1.807) is 0 Å². The molecule has 0 aliphatic carbocycles. The zero-order valence-electron chi connectivity index (χ0n) is 17.9. The number of aliphatic hydroxyl groups excluding tert-OH is 1. The van der Waals surface area contributed by atoms with E-state index in [1.807, 2.05) is 54.6 Å². The Morgan fingerprint density at radius 3 is 1.53 bits per heavy atom. The molecular weight excluding hydrogens is 388 g/mol. The Morgan fingerprint density at radius 1 is 0.800 bits per heavy atom. The molecule has 0 aromatic heterocycles. The summed E-state index contributed by atoms with van der Waals surface area (Å²) in [5.74, 6) is 0. The van der Waals surface area contributed by atoms with Gasteiger partial charge in [-0.3, -0.25) is 0 Å². The first-order valence-electron chi connectivity index (χ1n) is 10.6. The maximum absolute atomic E-state index is 10.9. The average Bonchev–Trinajstić information content (AvgIpc) is 3.58. The van der Waals surface area contributed by atoms with Gasteiger partial charge in [0.25, 0.3) is 0 Å². The maximum atomic E-state index is 10.9. The van der Waals surface area contributed by atoms with Crippen molar-refractivity contribution >= 4 is 8.07 Å². The van der Waals surface area contributed by atoms with E-state index < -0.39 is 19.8 Å². The van der Waals surface area contributed by atoms with Crippen LogP contribution in [-0.2, 0) is 15.1 Å². The lowest BCUT2D eigenvalue weighted by Gasteiger charge is -2.36. The third-order valence-electron chi connectivity index (χ3n) is 5.77. The molecule has 1 N–H and O–H groups in total. The molecule has 3 aromatic carbocycles. The third kappa shape index (κ3) is 4.14. The van der Waals surface area contributed by atoms with E-state index in [9.17, 15) is 5.11 Å². The van der Waals surface area contributed by atoms with Gasteiger partial charge in [0.15, 0.2) is 0 Å². The van der Waals surface area contributed by atoms with Gasteiger partial charge in [-0.05, 0) is 16.7 Å². The molecule has 4 rings (SSSR count). The normalized spacial score (nSPS) is 20.0. The second-order valence-corrected chi connectivity index (χ2v) is 14.3. The summed E-state index contributed by atoms with van der Waals surface area (Å²) < 4.78 is 12.6. The van der Waals surface area contributed by atoms with Gasteiger partial charge >= 0.3 is 0 Å². The number of ether oxygens (including phenoxy) is 2. The molecule has 0 bridgehead atoms. The fourth-order valence-electron chi connectivity index (χ4n) is 4.19. The molecule has 1 fully saturated rings. The van der Waals surface area contributed by atoms with Gasteiger partial charge in [-0.25, -0.2) is 0 Å². The number of benzene rings is 3. The van der Waals surface area contributed by atoms with Crippen molar-refractivity contribution < 1.29 is 14.6 Å². The van der Waals surface area contributed by atoms with Gasteiger partial charge in [0, 0.05) is 0 Å². The summed E-state index contributed by atoms with van der Waals surface area (Å²) in [5.41, 5.74) is 2.48. The van der Waals surface area contributed by atoms with Crippen molar-refractivity contribution in [2.75, 3.05) is 6.61 Å². The standard InChI is InChI=1S/C26H30O3Si/c1-30(2,3)25-24(29-25)23(27)19-28-26(20-13-7-4-8-14-20,21-15-9-5-10-16-21)22-17-11-6-12-18-22/h4-18,23-25,27H,19H2,1-3H3/t23-,24-,25-/m0/s1. The van der Waals surface area contributed by atoms with Crippen LogP contribution in [-0.4, -0.2) is 37.7 Å². The molecule has 1 heterocycles. The molecule has 3 atom stereocenters. The maximum Gasteiger partial charge on any atom is 0.143 e. The van der Waals surface area contributed by atoms with Crippen LogP contribution in [0, 0.1) is 0 Å². The number of hydrogen-bond acceptors (Lipinski definition) is 3. The number of hydrogen-bond donors (Lipinski definition) is 1. The highest BCUT2D eigenvalue weighted by molar-refractivity contribution is 6.78. The van der Waals surface area contributed by atoms with E-state index in [0.29, 0.717) is 0 Å². The number of epoxide rings is 1. The Balaban J connectivity index is 1.72. The van der Waals surface area contributed by atoms with Gasteiger partial charge in [-0.1, -0.05) is 111 Å². The highest BCUT2D eigenvalue weighted by atomic mass is 28.3. The first kappa shape index (κ1) is 21.0. The molecule has 3 aromatic rings. The van der Waals surface area contributed by atoms with Gasteiger partial charge < -0.3 is 14.6 Å². The van der Waals surface area contributed by atoms with Crippen molar-refractivity contribution in [3.8, 4) is 0 Å². The highest BCUT2D eigenvalue weighted by Crippen LogP contribution is 2.41. The number of rotatable bonds is 8. The van der Waals surface area contributed by atoms with Crippen LogP contribution in [0.15, 0.2) is 91.0 Å². The smallest absolute Gasteiger partial charge is 0.143 e. The Morgan fingerprint density at radius 2 is 1.20 bits per heavy atom. The van der Waals surface area contributed by atoms with E-state index in [-0.39, 0.29) is 18.4 Å². The predicted molar refractivity (Wildman–Crippen MR) is 123 cm³/mol. The third-order valence-corrected chi connectivity index (χ3v) is 7.94. The summed E-state index contributed by atoms with van der Waals surface area (Å²) >= 11 is 0. The largest absolute Gasteiger partial charge is 0.388 e. The summed E-state index contributed by atoms with van der Waals surface area (Å²) in [5, 5.41) is 10.9. The first-order chi connectivity index (χ1) is 14.4. The molecule has 1 aliphatic rings. The van der Waals surface area contributed by atoms with Crippen LogP contribution in [0.4, 0.5) is 0 Å². The van der Waals surface area contributed by atoms with E-state index in [1.165, 1.54) is 0 Å². The fraction of sp³-hybridized carbons (Fsp3) is 0.308. The van der Waals surface area contributed by atoms with Gasteiger partial charge in [0.2, 0.25) is 0 Å². The summed E-state index contributed by atoms with van der Waals surface area (Å²) in [7, 11) is -1.45. The van der Waals surface area contributed by atoms with Crippen LogP contribution in [0.1, 0.15) is 16.7 Å². The Bertz CT molecular complexity index is 842. The van der Waals surface area contributed by atoms with Crippen LogP contribution in [0.2, 0.25) is 19.6 Å². The SMILES string of the molecule is C[Si](C)(C)[C@@H]1O[C@H]1[C@@H](O)COC(c1ccccc1)(c1ccccc1)c1ccccc1. The molecule has 156 valence electrons. The highest BCUT2D eigenvalue weighted by Gasteiger charge is 2.52. The summed E-state index contributed by atoms with van der Waals surface area (Å²) in [4.78, 5) is 0. The Kier molecular flexibility index (Phi) is 5.94. The summed E-state index contributed by atoms with van der Waals surface area (Å²) in [6.07, 6.45) is -0.783. The molecule has 1 saturated heterocycles. The van der Waals surface area contributed by atoms with Crippen molar-refractivity contribution in [2.24, 2.45) is 0 Å². The lowest BCUT2D eigenvalue weighted by atomic mass is 9.80. The monoisotopic (exact) mass is 418 g/mol. The predicted octanol–water partition coefficient (Wildman–Crippen LogP) is 5.00. The average molecular weight is 419 g/mol. The molecule has 0 radical (unpaired) electrons. The van der Waals surface area contributed by atoms with E-state index in [0.717, 1.165) is 16.7 Å². The van der Waals surface area contributed by atoms with Crippen molar-refractivity contribution in [1.82, 2.24) is 0 Å². The quantitative estimate of drug-likeness (QED) is 0.318. The molecular formula is C26H30O3Si. The first-order valence-corrected chi connectivity index (χ1v) is 14.1. The van der Waals surface area contributed by atoms with Crippen LogP contribution in [0.5, 0.6) is 0 Å². The summed E-state index contributed by atoms with van der Waals surface area (Å²) in [6, 6.07) is 30.7. The van der Waals surface area contributed by atoms with Gasteiger partial charge in [0.05, 0.1) is 20.4 Å². The minimum atomic E-state index is -1.45. The van der Waals surface area contributed by atoms with Crippen LogP contribution >= 0.6 is 0 Å². The van der Waals surface area contributed by atoms with E-state index in [4.69, 9.17) is 9.47 Å². The zero-order valence-corrected chi connectivity index (χ0v) is 18.9. The molecule has 0 unspecified atom stereocenters. The van der Waals surface area contributed by atoms with Crippen molar-refractivity contribution in [2.45, 2.75) is 43.2 Å². The molecule has 30 heavy (non-hydrogen) atoms. The number of aliphatic hydroxyl groups is 1. The van der Waals surface area contributed by atoms with Crippen molar-refractivity contribution in [3.63, 3.8) is 0 Å². The molecule has 3 nitrogen and oxygen atoms in total. The molecule has 0 spiro atoms. The van der Waals surface area contributed by atoms with Crippen molar-refractivity contribution in [3.05, 3.63) is 108 Å². The van der Waals surface area contributed by atoms with Crippen LogP contribution in [0.3, 0.4) is 0 Å². The Labute approximate surface area is 180 Å². The Hall–Kier alpha value is -2.24. The molecule has 0 amide bonds. The second-order valence-electron chi connectivity index (χ2n) is 9.04. The van der Waals surface area contributed by atoms with Gasteiger partial charge in [0.1, 0.15) is 17.8 Å². The zero-order chi connectivity index (χ0) is 21.2. The van der Waals surface area contributed by atoms with Gasteiger partial charge in [-0.15, -0.1) is 0 Å². The molecule has 0 saturated carbocycles. The van der Waals surface area contributed by atoms with E-state index >= 15 is 0 Å². The lowest BCUT2D eigenvalue weighted by molar-refractivity contribution is -0.0449. The lowest BCUT2D eigenvalue weighted by Crippen LogP contribution is -2.39. The van der Waals surface area contributed by atoms with E-state index in [2.05, 4.69) is 56.0 Å². The fourth-order valence-corrected chi connectivity index (χ4v) is 5.96. The van der Waals surface area contributed by atoms with Gasteiger partial charge in [-0.2, -0.15) is 0 Å². The molecule has 1 aliphatic heterocycles. The van der Waals surface area contributed by atoms with Crippen molar-refractivity contribution in [1.29, 1.82) is 0 Å². The minimum absolute atomic E-state index is 0.128. The minimum Gasteiger partial charge on any atom is -0.388 e. The van der Waals surface area contributed by atoms with Crippen LogP contribution < -0.4 is 0 Å². The molecule has 4 heteroatoms. The topological polar surface area (TPSA) is 42.0 Å². The summed E-state index contributed by atoms with van der Waals surface area (Å²) in [6.45, 7) is 7.01. The van der Waals surface area contributed by atoms with Crippen LogP contribution in [0.25, 0.3) is 0 Å². The second kappa shape index (κ2) is 8.48.